The zero-order valence-corrected chi connectivity index (χ0v) is 11.7. The van der Waals surface area contributed by atoms with Crippen LogP contribution in [-0.4, -0.2) is 14.5 Å². The number of nitrogens with one attached hydrogen (secondary N) is 1. The topological polar surface area (TPSA) is 42.7 Å². The molecule has 0 aliphatic carbocycles. The van der Waals surface area contributed by atoms with Gasteiger partial charge in [0, 0.05) is 48.0 Å². The lowest BCUT2D eigenvalue weighted by molar-refractivity contribution is 0.791. The van der Waals surface area contributed by atoms with Gasteiger partial charge in [0.15, 0.2) is 5.16 Å². The Bertz CT molecular complexity index is 725. The van der Waals surface area contributed by atoms with Crippen molar-refractivity contribution < 1.29 is 0 Å². The summed E-state index contributed by atoms with van der Waals surface area (Å²) >= 11 is 7.55. The summed E-state index contributed by atoms with van der Waals surface area (Å²) in [5.74, 6) is 0. The second kappa shape index (κ2) is 5.11. The van der Waals surface area contributed by atoms with Crippen molar-refractivity contribution in [2.24, 2.45) is 7.05 Å². The van der Waals surface area contributed by atoms with Gasteiger partial charge in [0.2, 0.25) is 0 Å². The van der Waals surface area contributed by atoms with Gasteiger partial charge in [-0.1, -0.05) is 17.7 Å². The van der Waals surface area contributed by atoms with E-state index in [1.54, 1.807) is 12.4 Å². The number of imidazole rings is 1. The number of aromatic nitrogens is 3. The second-order valence-electron chi connectivity index (χ2n) is 4.05. The number of halogens is 1. The molecule has 1 N–H and O–H groups in total. The standard InChI is InChI=1S/C13H11ClN4S/c1-18-6-5-16-13(18)19-17-11-8-10(14)7-9-3-2-4-15-12(9)11/h2-8,17H,1H3. The highest BCUT2D eigenvalue weighted by Crippen LogP contribution is 2.29. The molecule has 4 nitrogen and oxygen atoms in total. The molecule has 3 aromatic rings. The largest absolute Gasteiger partial charge is 0.328 e. The number of benzene rings is 1. The van der Waals surface area contributed by atoms with Crippen LogP contribution in [0, 0.1) is 0 Å². The Morgan fingerprint density at radius 3 is 2.95 bits per heavy atom. The molecular formula is C13H11ClN4S. The Labute approximate surface area is 120 Å². The monoisotopic (exact) mass is 290 g/mol. The molecule has 0 fully saturated rings. The van der Waals surface area contributed by atoms with E-state index >= 15 is 0 Å². The van der Waals surface area contributed by atoms with E-state index < -0.39 is 0 Å². The molecule has 0 saturated carbocycles. The number of rotatable bonds is 3. The van der Waals surface area contributed by atoms with Crippen molar-refractivity contribution in [1.29, 1.82) is 0 Å². The molecule has 0 aliphatic rings. The maximum atomic E-state index is 6.12. The number of fused-ring (bicyclic) bond motifs is 1. The van der Waals surface area contributed by atoms with Crippen molar-refractivity contribution in [3.63, 3.8) is 0 Å². The van der Waals surface area contributed by atoms with Crippen molar-refractivity contribution in [1.82, 2.24) is 14.5 Å². The minimum absolute atomic E-state index is 0.684. The molecule has 0 saturated heterocycles. The summed E-state index contributed by atoms with van der Waals surface area (Å²) in [6, 6.07) is 7.66. The lowest BCUT2D eigenvalue weighted by atomic mass is 10.2. The first-order valence-electron chi connectivity index (χ1n) is 5.68. The van der Waals surface area contributed by atoms with Crippen molar-refractivity contribution in [2.75, 3.05) is 4.72 Å². The molecule has 0 radical (unpaired) electrons. The van der Waals surface area contributed by atoms with Crippen LogP contribution in [0.4, 0.5) is 5.69 Å². The third-order valence-corrected chi connectivity index (χ3v) is 3.82. The summed E-state index contributed by atoms with van der Waals surface area (Å²) in [4.78, 5) is 8.63. The van der Waals surface area contributed by atoms with Crippen LogP contribution in [0.25, 0.3) is 10.9 Å². The van der Waals surface area contributed by atoms with E-state index in [2.05, 4.69) is 14.7 Å². The summed E-state index contributed by atoms with van der Waals surface area (Å²) in [6.45, 7) is 0. The van der Waals surface area contributed by atoms with Gasteiger partial charge in [0.25, 0.3) is 0 Å². The van der Waals surface area contributed by atoms with Crippen LogP contribution in [0.1, 0.15) is 0 Å². The van der Waals surface area contributed by atoms with Gasteiger partial charge in [-0.3, -0.25) is 4.98 Å². The van der Waals surface area contributed by atoms with E-state index in [1.165, 1.54) is 11.9 Å². The Kier molecular flexibility index (Phi) is 3.31. The molecule has 2 heterocycles. The Balaban J connectivity index is 1.94. The molecule has 0 spiro atoms. The van der Waals surface area contributed by atoms with E-state index in [9.17, 15) is 0 Å². The van der Waals surface area contributed by atoms with Crippen LogP contribution >= 0.6 is 23.5 Å². The van der Waals surface area contributed by atoms with Crippen LogP contribution in [0.3, 0.4) is 0 Å². The van der Waals surface area contributed by atoms with Gasteiger partial charge in [-0.2, -0.15) is 0 Å². The Morgan fingerprint density at radius 2 is 2.16 bits per heavy atom. The Morgan fingerprint density at radius 1 is 1.26 bits per heavy atom. The van der Waals surface area contributed by atoms with E-state index in [4.69, 9.17) is 11.6 Å². The molecule has 0 aliphatic heterocycles. The SMILES string of the molecule is Cn1ccnc1SNc1cc(Cl)cc2cccnc12. The van der Waals surface area contributed by atoms with Crippen molar-refractivity contribution >= 4 is 40.1 Å². The maximum Gasteiger partial charge on any atom is 0.188 e. The smallest absolute Gasteiger partial charge is 0.188 e. The first-order valence-corrected chi connectivity index (χ1v) is 6.88. The number of hydrogen-bond donors (Lipinski definition) is 1. The molecule has 0 atom stereocenters. The summed E-state index contributed by atoms with van der Waals surface area (Å²) in [5.41, 5.74) is 1.78. The van der Waals surface area contributed by atoms with Gasteiger partial charge in [-0.05, 0) is 18.2 Å². The third-order valence-electron chi connectivity index (χ3n) is 2.70. The predicted molar refractivity (Wildman–Crippen MR) is 79.4 cm³/mol. The third kappa shape index (κ3) is 2.52. The molecule has 0 unspecified atom stereocenters. The van der Waals surface area contributed by atoms with Crippen LogP contribution in [0.5, 0.6) is 0 Å². The van der Waals surface area contributed by atoms with E-state index in [-0.39, 0.29) is 0 Å². The second-order valence-corrected chi connectivity index (χ2v) is 5.26. The number of pyridine rings is 1. The van der Waals surface area contributed by atoms with Gasteiger partial charge in [0.1, 0.15) is 0 Å². The average Bonchev–Trinajstić information content (AvgIpc) is 2.81. The molecule has 2 aromatic heterocycles. The minimum Gasteiger partial charge on any atom is -0.328 e. The molecule has 0 amide bonds. The van der Waals surface area contributed by atoms with Crippen molar-refractivity contribution in [3.05, 3.63) is 47.9 Å². The van der Waals surface area contributed by atoms with Gasteiger partial charge < -0.3 is 9.29 Å². The fraction of sp³-hybridized carbons (Fsp3) is 0.0769. The molecule has 3 rings (SSSR count). The molecular weight excluding hydrogens is 280 g/mol. The first kappa shape index (κ1) is 12.3. The van der Waals surface area contributed by atoms with Gasteiger partial charge in [0.05, 0.1) is 11.2 Å². The molecule has 96 valence electrons. The number of aryl methyl sites for hydroxylation is 1. The highest BCUT2D eigenvalue weighted by molar-refractivity contribution is 8.00. The van der Waals surface area contributed by atoms with Crippen LogP contribution in [0.2, 0.25) is 5.02 Å². The highest BCUT2D eigenvalue weighted by Gasteiger charge is 2.06. The zero-order valence-electron chi connectivity index (χ0n) is 10.2. The van der Waals surface area contributed by atoms with Crippen LogP contribution < -0.4 is 4.72 Å². The normalized spacial score (nSPS) is 10.8. The average molecular weight is 291 g/mol. The van der Waals surface area contributed by atoms with E-state index in [0.717, 1.165) is 21.7 Å². The van der Waals surface area contributed by atoms with E-state index in [0.29, 0.717) is 5.02 Å². The summed E-state index contributed by atoms with van der Waals surface area (Å²) in [7, 11) is 1.95. The summed E-state index contributed by atoms with van der Waals surface area (Å²) in [6.07, 6.45) is 5.43. The van der Waals surface area contributed by atoms with Crippen LogP contribution in [-0.2, 0) is 7.05 Å². The quantitative estimate of drug-likeness (QED) is 0.746. The molecule has 19 heavy (non-hydrogen) atoms. The minimum atomic E-state index is 0.684. The van der Waals surface area contributed by atoms with Crippen molar-refractivity contribution in [3.8, 4) is 0 Å². The zero-order chi connectivity index (χ0) is 13.2. The maximum absolute atomic E-state index is 6.12. The molecule has 0 bridgehead atoms. The predicted octanol–water partition coefficient (Wildman–Crippen LogP) is 3.74. The number of anilines is 1. The number of nitrogens with zero attached hydrogens (tertiary/aromatic N) is 3. The highest BCUT2D eigenvalue weighted by atomic mass is 35.5. The fourth-order valence-corrected chi connectivity index (χ4v) is 2.69. The summed E-state index contributed by atoms with van der Waals surface area (Å²) < 4.78 is 5.20. The lowest BCUT2D eigenvalue weighted by Crippen LogP contribution is -1.95. The van der Waals surface area contributed by atoms with Crippen LogP contribution in [0.15, 0.2) is 48.0 Å². The van der Waals surface area contributed by atoms with Gasteiger partial charge >= 0.3 is 0 Å². The van der Waals surface area contributed by atoms with E-state index in [1.807, 2.05) is 42.1 Å². The fourth-order valence-electron chi connectivity index (χ4n) is 1.78. The lowest BCUT2D eigenvalue weighted by Gasteiger charge is -2.08. The molecule has 6 heteroatoms. The first-order chi connectivity index (χ1) is 9.24. The van der Waals surface area contributed by atoms with Gasteiger partial charge in [-0.25, -0.2) is 4.98 Å². The Hall–Kier alpha value is -1.72. The van der Waals surface area contributed by atoms with Crippen molar-refractivity contribution in [2.45, 2.75) is 5.16 Å². The summed E-state index contributed by atoms with van der Waals surface area (Å²) in [5, 5.41) is 2.57. The number of hydrogen-bond acceptors (Lipinski definition) is 4. The van der Waals surface area contributed by atoms with Gasteiger partial charge in [-0.15, -0.1) is 0 Å². The molecule has 1 aromatic carbocycles.